The molecule has 0 aromatic heterocycles. The Bertz CT molecular complexity index is 674. The van der Waals surface area contributed by atoms with Gasteiger partial charge in [-0.15, -0.1) is 0 Å². The molecule has 1 aromatic carbocycles. The van der Waals surface area contributed by atoms with Crippen LogP contribution in [0.15, 0.2) is 40.4 Å². The molecule has 1 N–H and O–H groups in total. The van der Waals surface area contributed by atoms with Crippen LogP contribution in [0.3, 0.4) is 0 Å². The molecule has 1 heterocycles. The molecule has 0 unspecified atom stereocenters. The number of fused-ring (bicyclic) bond motifs is 2. The number of benzene rings is 1. The molecule has 7 heteroatoms. The molecule has 1 aromatic rings. The van der Waals surface area contributed by atoms with Gasteiger partial charge in [-0.05, 0) is 31.6 Å². The number of rotatable bonds is 2. The molecule has 0 saturated carbocycles. The van der Waals surface area contributed by atoms with E-state index in [2.05, 4.69) is 15.9 Å². The number of hydrogen-bond acceptors (Lipinski definition) is 6. The molecule has 0 amide bonds. The molecule has 0 aliphatic carbocycles. The lowest BCUT2D eigenvalue weighted by molar-refractivity contribution is -0.0362. The van der Waals surface area contributed by atoms with E-state index in [1.807, 2.05) is 44.2 Å². The number of phenols is 1. The number of hydrogen-bond donors (Lipinski definition) is 1. The van der Waals surface area contributed by atoms with E-state index in [0.29, 0.717) is 64.0 Å². The summed E-state index contributed by atoms with van der Waals surface area (Å²) < 4.78 is 29.5. The molecule has 2 bridgehead atoms. The molecule has 29 heavy (non-hydrogen) atoms. The fourth-order valence-electron chi connectivity index (χ4n) is 2.91. The zero-order valence-electron chi connectivity index (χ0n) is 17.2. The van der Waals surface area contributed by atoms with Gasteiger partial charge in [-0.25, -0.2) is 0 Å². The largest absolute Gasteiger partial charge is 0.507 e. The first-order chi connectivity index (χ1) is 14.2. The van der Waals surface area contributed by atoms with E-state index >= 15 is 0 Å². The Hall–Kier alpha value is -1.22. The molecule has 6 nitrogen and oxygen atoms in total. The first kappa shape index (κ1) is 24.1. The Morgan fingerprint density at radius 2 is 1.52 bits per heavy atom. The van der Waals surface area contributed by atoms with Crippen molar-refractivity contribution in [2.45, 2.75) is 33.2 Å². The number of allylic oxidation sites excluding steroid dienone is 2. The Kier molecular flexibility index (Phi) is 11.5. The molecule has 0 fully saturated rings. The zero-order valence-corrected chi connectivity index (χ0v) is 18.8. The van der Waals surface area contributed by atoms with Gasteiger partial charge in [0.05, 0.1) is 59.5 Å². The summed E-state index contributed by atoms with van der Waals surface area (Å²) in [6.45, 7) is 7.75. The van der Waals surface area contributed by atoms with Crippen LogP contribution in [0.4, 0.5) is 0 Å². The summed E-state index contributed by atoms with van der Waals surface area (Å²) in [4.78, 5) is 0. The molecular formula is C22H31BrO6. The summed E-state index contributed by atoms with van der Waals surface area (Å²) in [5, 5.41) is 10.6. The van der Waals surface area contributed by atoms with E-state index in [-0.39, 0.29) is 18.5 Å². The standard InChI is InChI=1S/C22H31BrO6/c1-3-5-17(4-2)21-16-28-15-19-13-20(23)12-18(22(19)24)14-27-9-8-25-6-7-26-10-11-29-21/h3-5,12-13,21,24H,6-11,14-16H2,1-2H3/b5-3-,17-4+/t21-/m1/s1. The second-order valence-electron chi connectivity index (χ2n) is 6.51. The average molecular weight is 471 g/mol. The molecule has 0 spiro atoms. The van der Waals surface area contributed by atoms with E-state index in [1.54, 1.807) is 0 Å². The Morgan fingerprint density at radius 3 is 2.14 bits per heavy atom. The second-order valence-corrected chi connectivity index (χ2v) is 7.43. The van der Waals surface area contributed by atoms with Crippen molar-refractivity contribution in [3.63, 3.8) is 0 Å². The number of ether oxygens (including phenoxy) is 5. The van der Waals surface area contributed by atoms with E-state index < -0.39 is 0 Å². The van der Waals surface area contributed by atoms with Crippen molar-refractivity contribution in [3.8, 4) is 5.75 Å². The lowest BCUT2D eigenvalue weighted by Gasteiger charge is -2.20. The monoisotopic (exact) mass is 470 g/mol. The molecule has 162 valence electrons. The van der Waals surface area contributed by atoms with Gasteiger partial charge < -0.3 is 28.8 Å². The molecule has 1 atom stereocenters. The molecule has 0 saturated heterocycles. The number of phenolic OH excluding ortho intramolecular Hbond substituents is 1. The quantitative estimate of drug-likeness (QED) is 0.655. The van der Waals surface area contributed by atoms with Gasteiger partial charge >= 0.3 is 0 Å². The third-order valence-corrected chi connectivity index (χ3v) is 4.83. The Labute approximate surface area is 181 Å². The van der Waals surface area contributed by atoms with Crippen molar-refractivity contribution in [1.82, 2.24) is 0 Å². The first-order valence-electron chi connectivity index (χ1n) is 9.87. The molecule has 1 aliphatic rings. The summed E-state index contributed by atoms with van der Waals surface area (Å²) in [5.74, 6) is 0.195. The Balaban J connectivity index is 2.12. The van der Waals surface area contributed by atoms with Crippen LogP contribution in [-0.4, -0.2) is 57.5 Å². The van der Waals surface area contributed by atoms with Gasteiger partial charge in [-0.2, -0.15) is 0 Å². The fourth-order valence-corrected chi connectivity index (χ4v) is 3.46. The van der Waals surface area contributed by atoms with Crippen molar-refractivity contribution in [2.75, 3.05) is 46.2 Å². The van der Waals surface area contributed by atoms with Crippen LogP contribution in [0.25, 0.3) is 0 Å². The highest BCUT2D eigenvalue weighted by Gasteiger charge is 2.15. The van der Waals surface area contributed by atoms with Crippen molar-refractivity contribution < 1.29 is 28.8 Å². The van der Waals surface area contributed by atoms with Crippen LogP contribution >= 0.6 is 15.9 Å². The third-order valence-electron chi connectivity index (χ3n) is 4.37. The van der Waals surface area contributed by atoms with Crippen LogP contribution in [0.5, 0.6) is 5.75 Å². The summed E-state index contributed by atoms with van der Waals surface area (Å²) in [6, 6.07) is 3.70. The molecule has 0 radical (unpaired) electrons. The van der Waals surface area contributed by atoms with Crippen LogP contribution < -0.4 is 0 Å². The van der Waals surface area contributed by atoms with Crippen molar-refractivity contribution in [2.24, 2.45) is 0 Å². The van der Waals surface area contributed by atoms with E-state index in [9.17, 15) is 5.11 Å². The van der Waals surface area contributed by atoms with Gasteiger partial charge in [0.15, 0.2) is 0 Å². The van der Waals surface area contributed by atoms with Crippen LogP contribution in [0, 0.1) is 0 Å². The van der Waals surface area contributed by atoms with Gasteiger partial charge in [0.2, 0.25) is 0 Å². The van der Waals surface area contributed by atoms with E-state index in [4.69, 9.17) is 23.7 Å². The maximum Gasteiger partial charge on any atom is 0.126 e. The predicted octanol–water partition coefficient (Wildman–Crippen LogP) is 4.14. The highest BCUT2D eigenvalue weighted by atomic mass is 79.9. The molecule has 2 rings (SSSR count). The maximum atomic E-state index is 10.6. The average Bonchev–Trinajstić information content (AvgIpc) is 2.71. The van der Waals surface area contributed by atoms with Crippen molar-refractivity contribution in [1.29, 1.82) is 0 Å². The van der Waals surface area contributed by atoms with E-state index in [1.165, 1.54) is 0 Å². The lowest BCUT2D eigenvalue weighted by Crippen LogP contribution is -2.24. The van der Waals surface area contributed by atoms with Crippen LogP contribution in [0.2, 0.25) is 0 Å². The summed E-state index contributed by atoms with van der Waals surface area (Å²) in [5.41, 5.74) is 2.45. The number of aromatic hydroxyl groups is 1. The third kappa shape index (κ3) is 8.58. The smallest absolute Gasteiger partial charge is 0.126 e. The van der Waals surface area contributed by atoms with Crippen molar-refractivity contribution in [3.05, 3.63) is 51.5 Å². The second kappa shape index (κ2) is 13.9. The Morgan fingerprint density at radius 1 is 0.931 bits per heavy atom. The van der Waals surface area contributed by atoms with Gasteiger partial charge in [0, 0.05) is 15.6 Å². The zero-order chi connectivity index (χ0) is 20.9. The topological polar surface area (TPSA) is 66.4 Å². The van der Waals surface area contributed by atoms with E-state index in [0.717, 1.165) is 10.0 Å². The van der Waals surface area contributed by atoms with Gasteiger partial charge in [0.1, 0.15) is 11.9 Å². The summed E-state index contributed by atoms with van der Waals surface area (Å²) in [7, 11) is 0. The van der Waals surface area contributed by atoms with Crippen LogP contribution in [-0.2, 0) is 36.9 Å². The highest BCUT2D eigenvalue weighted by molar-refractivity contribution is 9.10. The molecule has 1 aliphatic heterocycles. The molecular weight excluding hydrogens is 440 g/mol. The first-order valence-corrected chi connectivity index (χ1v) is 10.7. The maximum absolute atomic E-state index is 10.6. The fraction of sp³-hybridized carbons (Fsp3) is 0.545. The van der Waals surface area contributed by atoms with Crippen LogP contribution in [0.1, 0.15) is 25.0 Å². The summed E-state index contributed by atoms with van der Waals surface area (Å²) >= 11 is 3.49. The minimum atomic E-state index is -0.216. The van der Waals surface area contributed by atoms with Gasteiger partial charge in [0.25, 0.3) is 0 Å². The minimum Gasteiger partial charge on any atom is -0.507 e. The van der Waals surface area contributed by atoms with Crippen molar-refractivity contribution >= 4 is 15.9 Å². The SMILES string of the molecule is C/C=C\C(=C/C)[C@H]1COCc2cc(Br)cc(c2O)COCCOCCOCCO1. The highest BCUT2D eigenvalue weighted by Crippen LogP contribution is 2.29. The lowest BCUT2D eigenvalue weighted by atomic mass is 10.1. The summed E-state index contributed by atoms with van der Waals surface area (Å²) in [6.07, 6.45) is 5.79. The predicted molar refractivity (Wildman–Crippen MR) is 115 cm³/mol. The normalized spacial score (nSPS) is 21.6. The number of halogens is 1. The van der Waals surface area contributed by atoms with Gasteiger partial charge in [-0.3, -0.25) is 0 Å². The van der Waals surface area contributed by atoms with Gasteiger partial charge in [-0.1, -0.05) is 34.2 Å². The minimum absolute atomic E-state index is 0.195.